The summed E-state index contributed by atoms with van der Waals surface area (Å²) >= 11 is 0. The molecule has 0 aliphatic carbocycles. The van der Waals surface area contributed by atoms with Crippen LogP contribution in [0.4, 0.5) is 48.7 Å². The first-order valence-electron chi connectivity index (χ1n) is 16.2. The summed E-state index contributed by atoms with van der Waals surface area (Å²) in [5.74, 6) is -3.51. The van der Waals surface area contributed by atoms with Crippen LogP contribution in [0, 0.1) is 5.82 Å². The summed E-state index contributed by atoms with van der Waals surface area (Å²) in [5, 5.41) is 0. The maximum atomic E-state index is 15.4. The van der Waals surface area contributed by atoms with Crippen LogP contribution in [0.5, 0.6) is 5.75 Å². The number of ether oxygens (including phenoxy) is 2. The van der Waals surface area contributed by atoms with Crippen molar-refractivity contribution in [2.24, 2.45) is 0 Å². The quantitative estimate of drug-likeness (QED) is 0.251. The van der Waals surface area contributed by atoms with Gasteiger partial charge in [0.15, 0.2) is 0 Å². The highest BCUT2D eigenvalue weighted by atomic mass is 19.4. The predicted octanol–water partition coefficient (Wildman–Crippen LogP) is 9.76. The molecule has 4 nitrogen and oxygen atoms in total. The number of benzene rings is 3. The number of methoxy groups -OCH3 is 1. The minimum Gasteiger partial charge on any atom is -0.496 e. The molecule has 1 saturated heterocycles. The normalized spacial score (nSPS) is 24.7. The number of hydrogen-bond acceptors (Lipinski definition) is 3. The topological polar surface area (TPSA) is 38.8 Å². The van der Waals surface area contributed by atoms with Crippen molar-refractivity contribution in [1.82, 2.24) is 4.90 Å². The first kappa shape index (κ1) is 23.4. The van der Waals surface area contributed by atoms with Gasteiger partial charge < -0.3 is 9.47 Å². The molecule has 1 aliphatic rings. The highest BCUT2D eigenvalue weighted by molar-refractivity contribution is 5.79. The van der Waals surface area contributed by atoms with Crippen LogP contribution in [-0.4, -0.2) is 24.1 Å². The predicted molar refractivity (Wildman–Crippen MR) is 138 cm³/mol. The van der Waals surface area contributed by atoms with Crippen molar-refractivity contribution in [3.8, 4) is 16.9 Å². The van der Waals surface area contributed by atoms with Gasteiger partial charge in [-0.25, -0.2) is 9.18 Å². The Morgan fingerprint density at radius 1 is 0.955 bits per heavy atom. The van der Waals surface area contributed by atoms with E-state index in [0.29, 0.717) is 12.1 Å². The summed E-state index contributed by atoms with van der Waals surface area (Å²) in [6.07, 6.45) is -23.0. The molecule has 0 N–H and O–H groups in total. The average Bonchev–Trinajstić information content (AvgIpc) is 3.20. The standard InChI is InChI=1S/C30H25F10NO3/c1-14(2)24-22(31)7-8-23(43-4)25(24)21-6-5-18(28(32,33)34)11-17(21)13-41-15(3)26(44-27(41)42)16-9-19(29(35,36)37)12-20(10-16)30(38,39)40/h5-12,14-15,26H,13H2,1-4H3/t15-,26-/m0/s1/i3D3,13D2,14D,15D,26D. The molecule has 1 fully saturated rings. The lowest BCUT2D eigenvalue weighted by molar-refractivity contribution is -0.143. The zero-order valence-corrected chi connectivity index (χ0v) is 22.6. The molecule has 44 heavy (non-hydrogen) atoms. The monoisotopic (exact) mass is 645 g/mol. The summed E-state index contributed by atoms with van der Waals surface area (Å²) < 4.78 is 219. The van der Waals surface area contributed by atoms with E-state index in [-0.39, 0.29) is 23.9 Å². The number of rotatable bonds is 6. The Morgan fingerprint density at radius 3 is 2.05 bits per heavy atom. The SMILES string of the molecule is [2H]C(C)(C)c1c(F)ccc(OC)c1-c1ccc(C(F)(F)F)cc1C([2H])([2H])N1C(=O)O[C@]([2H])(c2cc(C(F)(F)F)cc(C(F)(F)F)c2)[C@]1([2H])C([2H])([2H])[2H]. The van der Waals surface area contributed by atoms with Crippen LogP contribution in [0.2, 0.25) is 0 Å². The fraction of sp³-hybridized carbons (Fsp3) is 0.367. The van der Waals surface area contributed by atoms with Gasteiger partial charge >= 0.3 is 24.6 Å². The van der Waals surface area contributed by atoms with Gasteiger partial charge in [-0.1, -0.05) is 19.9 Å². The van der Waals surface area contributed by atoms with Gasteiger partial charge in [0.1, 0.15) is 17.6 Å². The van der Waals surface area contributed by atoms with Crippen molar-refractivity contribution in [2.45, 2.75) is 63.7 Å². The van der Waals surface area contributed by atoms with Gasteiger partial charge in [0.25, 0.3) is 0 Å². The molecule has 0 saturated carbocycles. The van der Waals surface area contributed by atoms with E-state index in [0.717, 1.165) is 33.1 Å². The first-order chi connectivity index (χ1) is 23.2. The zero-order chi connectivity index (χ0) is 40.0. The number of amides is 1. The molecular formula is C30H25F10NO3. The van der Waals surface area contributed by atoms with Crippen LogP contribution >= 0.6 is 0 Å². The molecule has 1 aliphatic heterocycles. The second kappa shape index (κ2) is 11.5. The third-order valence-electron chi connectivity index (χ3n) is 6.35. The highest BCUT2D eigenvalue weighted by Crippen LogP contribution is 2.45. The van der Waals surface area contributed by atoms with Gasteiger partial charge in [0.05, 0.1) is 41.8 Å². The molecule has 0 spiro atoms. The third-order valence-corrected chi connectivity index (χ3v) is 6.35. The lowest BCUT2D eigenvalue weighted by atomic mass is 9.88. The Balaban J connectivity index is 2.16. The Hall–Kier alpha value is -3.97. The molecule has 238 valence electrons. The number of nitrogens with zero attached hydrogens (tertiary/aromatic N) is 1. The lowest BCUT2D eigenvalue weighted by Crippen LogP contribution is -2.32. The van der Waals surface area contributed by atoms with Crippen LogP contribution < -0.4 is 4.74 Å². The van der Waals surface area contributed by atoms with E-state index in [2.05, 4.69) is 0 Å². The summed E-state index contributed by atoms with van der Waals surface area (Å²) in [5.41, 5.74) is -11.0. The van der Waals surface area contributed by atoms with E-state index in [1.807, 2.05) is 0 Å². The van der Waals surface area contributed by atoms with Crippen molar-refractivity contribution < 1.29 is 69.1 Å². The Kier molecular flexibility index (Phi) is 6.13. The number of alkyl halides is 9. The minimum atomic E-state index is -5.60. The third kappa shape index (κ3) is 6.43. The van der Waals surface area contributed by atoms with Crippen molar-refractivity contribution in [3.63, 3.8) is 0 Å². The van der Waals surface area contributed by atoms with Crippen molar-refractivity contribution in [1.29, 1.82) is 0 Å². The molecule has 14 heteroatoms. The molecule has 0 bridgehead atoms. The van der Waals surface area contributed by atoms with Gasteiger partial charge in [0.2, 0.25) is 0 Å². The maximum Gasteiger partial charge on any atom is 0.416 e. The molecule has 0 unspecified atom stereocenters. The summed E-state index contributed by atoms with van der Waals surface area (Å²) in [6, 6.07) is -2.53. The second-order valence-corrected chi connectivity index (χ2v) is 9.55. The highest BCUT2D eigenvalue weighted by Gasteiger charge is 2.44. The number of cyclic esters (lactones) is 1. The van der Waals surface area contributed by atoms with Crippen LogP contribution in [-0.2, 0) is 29.8 Å². The van der Waals surface area contributed by atoms with Crippen LogP contribution in [0.15, 0.2) is 48.5 Å². The zero-order valence-electron chi connectivity index (χ0n) is 30.6. The number of carbonyl (C=O) groups is 1. The van der Waals surface area contributed by atoms with Crippen molar-refractivity contribution in [3.05, 3.63) is 87.7 Å². The number of carbonyl (C=O) groups excluding carboxylic acids is 1. The molecule has 2 atom stereocenters. The van der Waals surface area contributed by atoms with E-state index < -0.39 is 117 Å². The minimum absolute atomic E-state index is 0.0313. The van der Waals surface area contributed by atoms with Gasteiger partial charge in [-0.2, -0.15) is 39.5 Å². The smallest absolute Gasteiger partial charge is 0.416 e. The molecule has 0 radical (unpaired) electrons. The van der Waals surface area contributed by atoms with Crippen LogP contribution in [0.3, 0.4) is 0 Å². The van der Waals surface area contributed by atoms with Gasteiger partial charge in [0, 0.05) is 16.6 Å². The Bertz CT molecular complexity index is 1880. The van der Waals surface area contributed by atoms with E-state index in [4.69, 9.17) is 20.4 Å². The van der Waals surface area contributed by atoms with Crippen LogP contribution in [0.25, 0.3) is 11.1 Å². The van der Waals surface area contributed by atoms with Crippen LogP contribution in [0.1, 0.15) is 77.0 Å². The van der Waals surface area contributed by atoms with E-state index >= 15 is 4.39 Å². The molecule has 0 aromatic heterocycles. The van der Waals surface area contributed by atoms with Crippen molar-refractivity contribution >= 4 is 6.09 Å². The Morgan fingerprint density at radius 2 is 1.55 bits per heavy atom. The van der Waals surface area contributed by atoms with E-state index in [9.17, 15) is 44.3 Å². The largest absolute Gasteiger partial charge is 0.496 e. The lowest BCUT2D eigenvalue weighted by Gasteiger charge is -2.25. The van der Waals surface area contributed by atoms with Gasteiger partial charge in [-0.15, -0.1) is 0 Å². The first-order valence-corrected chi connectivity index (χ1v) is 12.2. The summed E-state index contributed by atoms with van der Waals surface area (Å²) in [7, 11) is 1.01. The Labute approximate surface area is 256 Å². The molecule has 4 rings (SSSR count). The van der Waals surface area contributed by atoms with Gasteiger partial charge in [-0.3, -0.25) is 4.90 Å². The second-order valence-electron chi connectivity index (χ2n) is 9.55. The fourth-order valence-electron chi connectivity index (χ4n) is 4.39. The molecule has 3 aromatic rings. The summed E-state index contributed by atoms with van der Waals surface area (Å²) in [6.45, 7) is -6.13. The molecule has 1 heterocycles. The fourth-order valence-corrected chi connectivity index (χ4v) is 4.39. The molecule has 3 aromatic carbocycles. The van der Waals surface area contributed by atoms with Gasteiger partial charge in [-0.05, 0) is 71.9 Å². The summed E-state index contributed by atoms with van der Waals surface area (Å²) in [4.78, 5) is 12.8. The number of halogens is 10. The number of hydrogen-bond donors (Lipinski definition) is 0. The van der Waals surface area contributed by atoms with Crippen molar-refractivity contribution in [2.75, 3.05) is 7.11 Å². The average molecular weight is 646 g/mol. The van der Waals surface area contributed by atoms with E-state index in [1.165, 1.54) is 0 Å². The van der Waals surface area contributed by atoms with E-state index in [1.54, 1.807) is 0 Å². The molecular weight excluding hydrogens is 612 g/mol. The maximum absolute atomic E-state index is 15.4. The molecule has 1 amide bonds.